The van der Waals surface area contributed by atoms with E-state index in [0.717, 1.165) is 0 Å². The maximum absolute atomic E-state index is 12.7. The van der Waals surface area contributed by atoms with Gasteiger partial charge in [0, 0.05) is 18.2 Å². The molecule has 7 nitrogen and oxygen atoms in total. The van der Waals surface area contributed by atoms with Crippen LogP contribution in [-0.4, -0.2) is 45.8 Å². The van der Waals surface area contributed by atoms with E-state index >= 15 is 0 Å². The first kappa shape index (κ1) is 18.2. The average molecular weight is 311 g/mol. The van der Waals surface area contributed by atoms with Gasteiger partial charge in [0.25, 0.3) is 0 Å². The molecule has 1 saturated heterocycles. The quantitative estimate of drug-likeness (QED) is 0.467. The molecule has 1 fully saturated rings. The van der Waals surface area contributed by atoms with E-state index in [1.165, 1.54) is 17.9 Å². The van der Waals surface area contributed by atoms with Gasteiger partial charge in [-0.2, -0.15) is 0 Å². The van der Waals surface area contributed by atoms with Crippen LogP contribution in [0.4, 0.5) is 0 Å². The second-order valence-corrected chi connectivity index (χ2v) is 6.60. The lowest BCUT2D eigenvalue weighted by atomic mass is 9.89. The van der Waals surface area contributed by atoms with Gasteiger partial charge in [0.05, 0.1) is 12.1 Å². The number of ketones is 1. The van der Waals surface area contributed by atoms with Crippen molar-refractivity contribution in [3.8, 4) is 0 Å². The Bertz CT molecular complexity index is 507. The summed E-state index contributed by atoms with van der Waals surface area (Å²) < 4.78 is 0. The molecule has 7 heteroatoms. The molecule has 0 saturated carbocycles. The lowest BCUT2D eigenvalue weighted by Gasteiger charge is -2.28. The van der Waals surface area contributed by atoms with Gasteiger partial charge in [-0.1, -0.05) is 13.8 Å². The summed E-state index contributed by atoms with van der Waals surface area (Å²) in [5.41, 5.74) is 9.94. The van der Waals surface area contributed by atoms with Gasteiger partial charge in [0.2, 0.25) is 11.8 Å². The average Bonchev–Trinajstić information content (AvgIpc) is 2.64. The highest BCUT2D eigenvalue weighted by Gasteiger charge is 2.47. The molecular formula is C15H25N3O4. The molecule has 0 radical (unpaired) electrons. The van der Waals surface area contributed by atoms with E-state index in [0.29, 0.717) is 5.70 Å². The van der Waals surface area contributed by atoms with Gasteiger partial charge in [-0.05, 0) is 19.8 Å². The molecule has 0 bridgehead atoms. The molecule has 2 amide bonds. The third-order valence-electron chi connectivity index (χ3n) is 3.74. The van der Waals surface area contributed by atoms with Crippen molar-refractivity contribution in [3.05, 3.63) is 11.8 Å². The number of amides is 2. The Kier molecular flexibility index (Phi) is 5.35. The highest BCUT2D eigenvalue weighted by atomic mass is 16.3. The highest BCUT2D eigenvalue weighted by molar-refractivity contribution is 6.08. The number of nitrogens with zero attached hydrogens (tertiary/aromatic N) is 1. The predicted octanol–water partition coefficient (Wildman–Crippen LogP) is -0.473. The van der Waals surface area contributed by atoms with E-state index in [1.54, 1.807) is 20.8 Å². The first-order valence-corrected chi connectivity index (χ1v) is 7.26. The van der Waals surface area contributed by atoms with Crippen LogP contribution in [0.25, 0.3) is 0 Å². The Morgan fingerprint density at radius 2 is 1.86 bits per heavy atom. The Hall–Kier alpha value is -1.89. The summed E-state index contributed by atoms with van der Waals surface area (Å²) in [6.45, 7) is 6.56. The van der Waals surface area contributed by atoms with Crippen LogP contribution in [0.15, 0.2) is 11.8 Å². The second kappa shape index (κ2) is 6.48. The summed E-state index contributed by atoms with van der Waals surface area (Å²) in [6, 6.07) is -0.903. The number of carbonyl (C=O) groups is 3. The molecule has 0 aliphatic carbocycles. The molecule has 1 aliphatic rings. The maximum atomic E-state index is 12.7. The summed E-state index contributed by atoms with van der Waals surface area (Å²) >= 11 is 0. The minimum absolute atomic E-state index is 0.0265. The third kappa shape index (κ3) is 4.07. The van der Waals surface area contributed by atoms with Crippen LogP contribution >= 0.6 is 0 Å². The van der Waals surface area contributed by atoms with E-state index in [2.05, 4.69) is 0 Å². The lowest BCUT2D eigenvalue weighted by molar-refractivity contribution is -0.145. The van der Waals surface area contributed by atoms with Gasteiger partial charge in [0.1, 0.15) is 12.0 Å². The number of allylic oxidation sites excluding steroid dienone is 2. The summed E-state index contributed by atoms with van der Waals surface area (Å²) in [4.78, 5) is 37.7. The van der Waals surface area contributed by atoms with E-state index < -0.39 is 35.2 Å². The summed E-state index contributed by atoms with van der Waals surface area (Å²) in [5.74, 6) is -2.82. The fourth-order valence-corrected chi connectivity index (χ4v) is 2.78. The van der Waals surface area contributed by atoms with E-state index in [1.807, 2.05) is 0 Å². The smallest absolute Gasteiger partial charge is 0.240 e. The Morgan fingerprint density at radius 3 is 2.27 bits per heavy atom. The van der Waals surface area contributed by atoms with Gasteiger partial charge in [-0.3, -0.25) is 14.4 Å². The number of likely N-dealkylation sites (tertiary alicyclic amines) is 1. The number of aliphatic hydroxyl groups is 1. The second-order valence-electron chi connectivity index (χ2n) is 6.60. The molecule has 5 N–H and O–H groups in total. The number of carbonyl (C=O) groups excluding carboxylic acids is 3. The zero-order chi connectivity index (χ0) is 17.2. The monoisotopic (exact) mass is 311 g/mol. The molecule has 0 aromatic heterocycles. The van der Waals surface area contributed by atoms with Crippen molar-refractivity contribution in [1.82, 2.24) is 4.90 Å². The largest absolute Gasteiger partial charge is 0.402 e. The van der Waals surface area contributed by atoms with Crippen molar-refractivity contribution in [3.63, 3.8) is 0 Å². The van der Waals surface area contributed by atoms with Crippen LogP contribution in [0.5, 0.6) is 0 Å². The predicted molar refractivity (Wildman–Crippen MR) is 81.2 cm³/mol. The van der Waals surface area contributed by atoms with Gasteiger partial charge in [-0.15, -0.1) is 0 Å². The highest BCUT2D eigenvalue weighted by Crippen LogP contribution is 2.30. The van der Waals surface area contributed by atoms with E-state index in [4.69, 9.17) is 11.5 Å². The minimum Gasteiger partial charge on any atom is -0.402 e. The van der Waals surface area contributed by atoms with Crippen molar-refractivity contribution in [2.45, 2.75) is 45.8 Å². The zero-order valence-corrected chi connectivity index (χ0v) is 13.5. The van der Waals surface area contributed by atoms with Crippen LogP contribution in [0.2, 0.25) is 0 Å². The summed E-state index contributed by atoms with van der Waals surface area (Å²) in [5, 5.41) is 10.1. The number of nitrogens with two attached hydrogens (primary N) is 2. The Labute approximate surface area is 130 Å². The van der Waals surface area contributed by atoms with Crippen molar-refractivity contribution < 1.29 is 19.5 Å². The molecule has 124 valence electrons. The molecule has 22 heavy (non-hydrogen) atoms. The fraction of sp³-hybridized carbons (Fsp3) is 0.667. The molecule has 1 rings (SSSR count). The molecule has 1 heterocycles. The van der Waals surface area contributed by atoms with Crippen LogP contribution < -0.4 is 11.5 Å². The Morgan fingerprint density at radius 1 is 1.32 bits per heavy atom. The SMILES string of the molecule is CC(N)=CC(=O)C(C(=O)N1C[C@@](C)(O)C[C@H]1C(N)=O)C(C)C. The van der Waals surface area contributed by atoms with Crippen LogP contribution in [0, 0.1) is 11.8 Å². The van der Waals surface area contributed by atoms with E-state index in [-0.39, 0.29) is 18.9 Å². The van der Waals surface area contributed by atoms with Crippen molar-refractivity contribution >= 4 is 17.6 Å². The van der Waals surface area contributed by atoms with Crippen molar-refractivity contribution in [2.24, 2.45) is 23.3 Å². The molecule has 3 atom stereocenters. The first-order valence-electron chi connectivity index (χ1n) is 7.26. The Balaban J connectivity index is 3.11. The maximum Gasteiger partial charge on any atom is 0.240 e. The van der Waals surface area contributed by atoms with Crippen LogP contribution in [-0.2, 0) is 14.4 Å². The van der Waals surface area contributed by atoms with Crippen LogP contribution in [0.3, 0.4) is 0 Å². The molecular weight excluding hydrogens is 286 g/mol. The van der Waals surface area contributed by atoms with Crippen molar-refractivity contribution in [1.29, 1.82) is 0 Å². The summed E-state index contributed by atoms with van der Waals surface area (Å²) in [7, 11) is 0. The number of rotatable bonds is 5. The molecule has 0 aromatic carbocycles. The molecule has 1 aliphatic heterocycles. The van der Waals surface area contributed by atoms with Gasteiger partial charge in [-0.25, -0.2) is 0 Å². The number of β-amino-alcohol motifs (C(OH)–C–C–N with tert-alkyl or cyclic N) is 1. The third-order valence-corrected chi connectivity index (χ3v) is 3.74. The van der Waals surface area contributed by atoms with E-state index in [9.17, 15) is 19.5 Å². The van der Waals surface area contributed by atoms with Gasteiger partial charge < -0.3 is 21.5 Å². The molecule has 1 unspecified atom stereocenters. The molecule has 0 aromatic rings. The standard InChI is InChI=1S/C15H25N3O4/c1-8(2)12(11(19)5-9(3)16)14(21)18-7-15(4,22)6-10(18)13(17)20/h5,8,10,12,22H,6-7,16H2,1-4H3,(H2,17,20)/t10-,12?,15-/m0/s1. The van der Waals surface area contributed by atoms with Crippen molar-refractivity contribution in [2.75, 3.05) is 6.54 Å². The number of hydrogen-bond acceptors (Lipinski definition) is 5. The zero-order valence-electron chi connectivity index (χ0n) is 13.5. The lowest BCUT2D eigenvalue weighted by Crippen LogP contribution is -2.49. The number of hydrogen-bond donors (Lipinski definition) is 3. The van der Waals surface area contributed by atoms with Gasteiger partial charge >= 0.3 is 0 Å². The normalized spacial score (nSPS) is 27.1. The van der Waals surface area contributed by atoms with Crippen LogP contribution in [0.1, 0.15) is 34.1 Å². The fourth-order valence-electron chi connectivity index (χ4n) is 2.78. The molecule has 0 spiro atoms. The summed E-state index contributed by atoms with van der Waals surface area (Å²) in [6.07, 6.45) is 1.29. The van der Waals surface area contributed by atoms with Gasteiger partial charge in [0.15, 0.2) is 5.78 Å². The topological polar surface area (TPSA) is 127 Å². The number of primary amides is 1. The first-order chi connectivity index (χ1) is 9.96. The minimum atomic E-state index is -1.19.